The van der Waals surface area contributed by atoms with Gasteiger partial charge < -0.3 is 11.1 Å². The third-order valence-electron chi connectivity index (χ3n) is 3.89. The van der Waals surface area contributed by atoms with E-state index in [1.807, 2.05) is 38.1 Å². The molecular formula is C16H21N3O. The van der Waals surface area contributed by atoms with Crippen molar-refractivity contribution in [2.24, 2.45) is 5.73 Å². The first-order valence-corrected chi connectivity index (χ1v) is 7.00. The van der Waals surface area contributed by atoms with Gasteiger partial charge in [-0.15, -0.1) is 0 Å². The van der Waals surface area contributed by atoms with Gasteiger partial charge in [0, 0.05) is 23.7 Å². The van der Waals surface area contributed by atoms with E-state index in [0.29, 0.717) is 12.1 Å². The second-order valence-corrected chi connectivity index (χ2v) is 5.13. The highest BCUT2D eigenvalue weighted by molar-refractivity contribution is 6.05. The van der Waals surface area contributed by atoms with Gasteiger partial charge in [0.25, 0.3) is 5.91 Å². The van der Waals surface area contributed by atoms with Crippen molar-refractivity contribution in [2.45, 2.75) is 32.2 Å². The topological polar surface area (TPSA) is 68.0 Å². The highest BCUT2D eigenvalue weighted by Gasteiger charge is 2.21. The minimum absolute atomic E-state index is 0.119. The Morgan fingerprint density at radius 2 is 1.95 bits per heavy atom. The molecule has 0 bridgehead atoms. The minimum atomic E-state index is -0.340. The summed E-state index contributed by atoms with van der Waals surface area (Å²) in [7, 11) is 0. The molecule has 1 aromatic carbocycles. The maximum absolute atomic E-state index is 12.3. The summed E-state index contributed by atoms with van der Waals surface area (Å²) in [5.41, 5.74) is 7.19. The van der Waals surface area contributed by atoms with Gasteiger partial charge in [-0.05, 0) is 25.0 Å². The van der Waals surface area contributed by atoms with E-state index < -0.39 is 0 Å². The molecule has 0 spiro atoms. The second kappa shape index (κ2) is 6.01. The van der Waals surface area contributed by atoms with Crippen LogP contribution in [-0.2, 0) is 0 Å². The molecule has 20 heavy (non-hydrogen) atoms. The molecule has 0 aliphatic rings. The van der Waals surface area contributed by atoms with Crippen molar-refractivity contribution >= 4 is 16.8 Å². The summed E-state index contributed by atoms with van der Waals surface area (Å²) in [6.07, 6.45) is 3.36. The fourth-order valence-electron chi connectivity index (χ4n) is 2.14. The normalized spacial score (nSPS) is 11.6. The predicted molar refractivity (Wildman–Crippen MR) is 81.6 cm³/mol. The first-order chi connectivity index (χ1) is 9.59. The van der Waals surface area contributed by atoms with Crippen molar-refractivity contribution < 1.29 is 4.79 Å². The van der Waals surface area contributed by atoms with Gasteiger partial charge in [0.1, 0.15) is 0 Å². The zero-order valence-electron chi connectivity index (χ0n) is 12.0. The number of aromatic nitrogens is 1. The van der Waals surface area contributed by atoms with Crippen molar-refractivity contribution in [1.29, 1.82) is 0 Å². The third-order valence-corrected chi connectivity index (χ3v) is 3.89. The van der Waals surface area contributed by atoms with Crippen molar-refractivity contribution in [3.05, 3.63) is 42.1 Å². The highest BCUT2D eigenvalue weighted by Crippen LogP contribution is 2.16. The predicted octanol–water partition coefficient (Wildman–Crippen LogP) is 2.48. The Balaban J connectivity index is 2.20. The number of benzene rings is 1. The number of nitrogens with one attached hydrogen (secondary N) is 1. The summed E-state index contributed by atoms with van der Waals surface area (Å²) in [6.45, 7) is 4.55. The molecule has 0 unspecified atom stereocenters. The Hall–Kier alpha value is -1.94. The van der Waals surface area contributed by atoms with E-state index in [4.69, 9.17) is 5.73 Å². The van der Waals surface area contributed by atoms with E-state index in [1.54, 1.807) is 12.3 Å². The number of pyridine rings is 1. The average Bonchev–Trinajstić information content (AvgIpc) is 2.51. The molecule has 0 saturated heterocycles. The minimum Gasteiger partial charge on any atom is -0.350 e. The largest absolute Gasteiger partial charge is 0.350 e. The average molecular weight is 271 g/mol. The lowest BCUT2D eigenvalue weighted by molar-refractivity contribution is 0.0943. The second-order valence-electron chi connectivity index (χ2n) is 5.13. The quantitative estimate of drug-likeness (QED) is 0.878. The Bertz CT molecular complexity index is 600. The standard InChI is InChI=1S/C16H21N3O/c1-3-16(17,4-2)11-19-15(20)13-9-5-7-12-8-6-10-18-14(12)13/h5-10H,3-4,11,17H2,1-2H3,(H,19,20). The zero-order chi connectivity index (χ0) is 14.6. The Labute approximate surface area is 119 Å². The maximum Gasteiger partial charge on any atom is 0.253 e. The summed E-state index contributed by atoms with van der Waals surface area (Å²) >= 11 is 0. The van der Waals surface area contributed by atoms with Crippen LogP contribution < -0.4 is 11.1 Å². The molecule has 0 aliphatic heterocycles. The summed E-state index contributed by atoms with van der Waals surface area (Å²) in [5.74, 6) is -0.119. The zero-order valence-corrected chi connectivity index (χ0v) is 12.0. The van der Waals surface area contributed by atoms with Crippen molar-refractivity contribution in [2.75, 3.05) is 6.54 Å². The van der Waals surface area contributed by atoms with Crippen molar-refractivity contribution in [3.8, 4) is 0 Å². The fraction of sp³-hybridized carbons (Fsp3) is 0.375. The van der Waals surface area contributed by atoms with E-state index in [9.17, 15) is 4.79 Å². The summed E-state index contributed by atoms with van der Waals surface area (Å²) < 4.78 is 0. The molecule has 4 heteroatoms. The Morgan fingerprint density at radius 3 is 2.65 bits per heavy atom. The number of amides is 1. The first-order valence-electron chi connectivity index (χ1n) is 7.00. The van der Waals surface area contributed by atoms with Crippen LogP contribution in [0.4, 0.5) is 0 Å². The monoisotopic (exact) mass is 271 g/mol. The molecule has 0 saturated carbocycles. The van der Waals surface area contributed by atoms with E-state index >= 15 is 0 Å². The molecule has 1 heterocycles. The van der Waals surface area contributed by atoms with E-state index in [-0.39, 0.29) is 11.4 Å². The lowest BCUT2D eigenvalue weighted by atomic mass is 9.94. The molecule has 0 radical (unpaired) electrons. The number of nitrogens with zero attached hydrogens (tertiary/aromatic N) is 1. The van der Waals surface area contributed by atoms with Crippen LogP contribution in [0.1, 0.15) is 37.0 Å². The maximum atomic E-state index is 12.3. The Morgan fingerprint density at radius 1 is 1.25 bits per heavy atom. The number of fused-ring (bicyclic) bond motifs is 1. The lowest BCUT2D eigenvalue weighted by Gasteiger charge is -2.26. The smallest absolute Gasteiger partial charge is 0.253 e. The van der Waals surface area contributed by atoms with Crippen LogP contribution in [0.3, 0.4) is 0 Å². The summed E-state index contributed by atoms with van der Waals surface area (Å²) in [4.78, 5) is 16.6. The molecule has 0 fully saturated rings. The number of para-hydroxylation sites is 1. The number of carbonyl (C=O) groups is 1. The van der Waals surface area contributed by atoms with Gasteiger partial charge >= 0.3 is 0 Å². The van der Waals surface area contributed by atoms with Crippen LogP contribution in [0.25, 0.3) is 10.9 Å². The first kappa shape index (κ1) is 14.5. The van der Waals surface area contributed by atoms with E-state index in [0.717, 1.165) is 23.7 Å². The van der Waals surface area contributed by atoms with Gasteiger partial charge in [0.15, 0.2) is 0 Å². The molecule has 0 atom stereocenters. The molecule has 106 valence electrons. The molecule has 4 nitrogen and oxygen atoms in total. The van der Waals surface area contributed by atoms with Gasteiger partial charge in [0.05, 0.1) is 11.1 Å². The van der Waals surface area contributed by atoms with Gasteiger partial charge in [-0.1, -0.05) is 32.0 Å². The van der Waals surface area contributed by atoms with E-state index in [1.165, 1.54) is 0 Å². The van der Waals surface area contributed by atoms with Gasteiger partial charge in [0.2, 0.25) is 0 Å². The van der Waals surface area contributed by atoms with Crippen LogP contribution in [0, 0.1) is 0 Å². The molecule has 0 aliphatic carbocycles. The van der Waals surface area contributed by atoms with Crippen LogP contribution in [0.5, 0.6) is 0 Å². The van der Waals surface area contributed by atoms with Gasteiger partial charge in [-0.3, -0.25) is 9.78 Å². The van der Waals surface area contributed by atoms with Crippen molar-refractivity contribution in [1.82, 2.24) is 10.3 Å². The van der Waals surface area contributed by atoms with Gasteiger partial charge in [-0.25, -0.2) is 0 Å². The molecule has 1 aromatic heterocycles. The number of carbonyl (C=O) groups excluding carboxylic acids is 1. The van der Waals surface area contributed by atoms with Gasteiger partial charge in [-0.2, -0.15) is 0 Å². The third kappa shape index (κ3) is 2.96. The summed E-state index contributed by atoms with van der Waals surface area (Å²) in [6, 6.07) is 9.42. The number of rotatable bonds is 5. The molecule has 2 rings (SSSR count). The van der Waals surface area contributed by atoms with Crippen LogP contribution in [0.2, 0.25) is 0 Å². The lowest BCUT2D eigenvalue weighted by Crippen LogP contribution is -2.49. The van der Waals surface area contributed by atoms with Crippen LogP contribution in [-0.4, -0.2) is 23.0 Å². The fourth-order valence-corrected chi connectivity index (χ4v) is 2.14. The molecular weight excluding hydrogens is 250 g/mol. The molecule has 3 N–H and O–H groups in total. The van der Waals surface area contributed by atoms with E-state index in [2.05, 4.69) is 10.3 Å². The van der Waals surface area contributed by atoms with Crippen LogP contribution in [0.15, 0.2) is 36.5 Å². The van der Waals surface area contributed by atoms with Crippen molar-refractivity contribution in [3.63, 3.8) is 0 Å². The Kier molecular flexibility index (Phi) is 4.35. The highest BCUT2D eigenvalue weighted by atomic mass is 16.1. The number of nitrogens with two attached hydrogens (primary N) is 1. The van der Waals surface area contributed by atoms with Crippen LogP contribution >= 0.6 is 0 Å². The summed E-state index contributed by atoms with van der Waals surface area (Å²) in [5, 5.41) is 3.89. The molecule has 2 aromatic rings. The molecule has 1 amide bonds. The number of hydrogen-bond donors (Lipinski definition) is 2. The SMILES string of the molecule is CCC(N)(CC)CNC(=O)c1cccc2cccnc12. The number of hydrogen-bond acceptors (Lipinski definition) is 3.